The summed E-state index contributed by atoms with van der Waals surface area (Å²) in [5, 5.41) is 0. The first-order valence-electron chi connectivity index (χ1n) is 9.24. The van der Waals surface area contributed by atoms with Gasteiger partial charge in [-0.05, 0) is 37.0 Å². The zero-order chi connectivity index (χ0) is 22.0. The van der Waals surface area contributed by atoms with E-state index in [2.05, 4.69) is 47.0 Å². The van der Waals surface area contributed by atoms with Crippen LogP contribution in [0.2, 0.25) is 0 Å². The maximum Gasteiger partial charge on any atom is 1.00 e. The van der Waals surface area contributed by atoms with Gasteiger partial charge in [0.05, 0.1) is 14.4 Å². The molecule has 0 heterocycles. The Balaban J connectivity index is -0.000000140. The van der Waals surface area contributed by atoms with Crippen molar-refractivity contribution in [1.29, 1.82) is 0 Å². The number of carbonyl (C=O) groups is 2. The van der Waals surface area contributed by atoms with E-state index in [0.29, 0.717) is 6.42 Å². The van der Waals surface area contributed by atoms with E-state index in [0.717, 1.165) is 32.1 Å². The number of unbranched alkanes of at least 4 members (excludes halogenated alkanes) is 5. The molecule has 3 N–H and O–H groups in total. The first-order valence-corrected chi connectivity index (χ1v) is 10.7. The van der Waals surface area contributed by atoms with Crippen LogP contribution in [-0.2, 0) is 28.2 Å². The minimum absolute atomic E-state index is 0. The second-order valence-electron chi connectivity index (χ2n) is 5.85. The summed E-state index contributed by atoms with van der Waals surface area (Å²) in [4.78, 5) is 44.7. The fourth-order valence-electron chi connectivity index (χ4n) is 2.00. The third-order valence-corrected chi connectivity index (χ3v) is 3.79. The molecular formula is C20H38NNa2O8P. The van der Waals surface area contributed by atoms with Gasteiger partial charge in [-0.3, -0.25) is 4.79 Å². The SMILES string of the molecule is CC#CC#CC#CC(=O)OC[C@@H](COP(=O)([O-])[O-])OC(=O)CCCCCCCC.N.[HH].[HH].[HH].[HH].[HH].[Na+].[Na+]. The Bertz CT molecular complexity index is 774. The van der Waals surface area contributed by atoms with E-state index in [-0.39, 0.29) is 78.8 Å². The maximum atomic E-state index is 11.9. The van der Waals surface area contributed by atoms with Gasteiger partial charge < -0.3 is 34.5 Å². The summed E-state index contributed by atoms with van der Waals surface area (Å²) >= 11 is 0. The zero-order valence-corrected chi connectivity index (χ0v) is 24.3. The van der Waals surface area contributed by atoms with Crippen LogP contribution in [0.15, 0.2) is 0 Å². The van der Waals surface area contributed by atoms with E-state index in [4.69, 9.17) is 9.47 Å². The summed E-state index contributed by atoms with van der Waals surface area (Å²) in [6, 6.07) is 0. The summed E-state index contributed by atoms with van der Waals surface area (Å²) < 4.78 is 24.6. The summed E-state index contributed by atoms with van der Waals surface area (Å²) in [5.74, 6) is 12.4. The summed E-state index contributed by atoms with van der Waals surface area (Å²) in [5.41, 5.74) is 0. The van der Waals surface area contributed by atoms with Gasteiger partial charge in [0, 0.05) is 19.5 Å². The molecule has 12 heteroatoms. The van der Waals surface area contributed by atoms with Crippen LogP contribution < -0.4 is 75.1 Å². The molecule has 178 valence electrons. The molecule has 32 heavy (non-hydrogen) atoms. The van der Waals surface area contributed by atoms with Crippen LogP contribution in [0, 0.1) is 35.5 Å². The van der Waals surface area contributed by atoms with E-state index in [1.165, 1.54) is 0 Å². The molecule has 0 aliphatic carbocycles. The predicted octanol–water partition coefficient (Wildman–Crippen LogP) is -3.53. The molecule has 0 saturated carbocycles. The van der Waals surface area contributed by atoms with Gasteiger partial charge in [0.2, 0.25) is 0 Å². The van der Waals surface area contributed by atoms with Crippen molar-refractivity contribution in [3.63, 3.8) is 0 Å². The van der Waals surface area contributed by atoms with E-state index in [1.54, 1.807) is 6.92 Å². The average molecular weight is 497 g/mol. The second-order valence-corrected chi connectivity index (χ2v) is 7.00. The quantitative estimate of drug-likeness (QED) is 0.0679. The number of carbonyl (C=O) groups excluding carboxylic acids is 2. The Kier molecular flexibility index (Phi) is 30.8. The number of phosphoric acid groups is 1. The third-order valence-electron chi connectivity index (χ3n) is 3.33. The van der Waals surface area contributed by atoms with Crippen molar-refractivity contribution < 1.29 is 104 Å². The molecule has 0 aliphatic heterocycles. The molecule has 0 aromatic heterocycles. The topological polar surface area (TPSA) is 160 Å². The predicted molar refractivity (Wildman–Crippen MR) is 117 cm³/mol. The Morgan fingerprint density at radius 1 is 0.969 bits per heavy atom. The van der Waals surface area contributed by atoms with Gasteiger partial charge in [-0.25, -0.2) is 4.79 Å². The number of rotatable bonds is 13. The molecule has 0 bridgehead atoms. The molecule has 0 amide bonds. The van der Waals surface area contributed by atoms with Crippen molar-refractivity contribution in [2.75, 3.05) is 13.2 Å². The van der Waals surface area contributed by atoms with Gasteiger partial charge in [-0.15, -0.1) is 0 Å². The van der Waals surface area contributed by atoms with Crippen molar-refractivity contribution in [3.05, 3.63) is 0 Å². The van der Waals surface area contributed by atoms with Crippen molar-refractivity contribution in [3.8, 4) is 35.5 Å². The molecule has 0 aromatic rings. The van der Waals surface area contributed by atoms with Crippen LogP contribution >= 0.6 is 7.82 Å². The minimum Gasteiger partial charge on any atom is -0.790 e. The van der Waals surface area contributed by atoms with Gasteiger partial charge in [-0.2, -0.15) is 0 Å². The van der Waals surface area contributed by atoms with Crippen LogP contribution in [-0.4, -0.2) is 31.3 Å². The normalized spacial score (nSPS) is 9.88. The van der Waals surface area contributed by atoms with Crippen molar-refractivity contribution in [2.24, 2.45) is 0 Å². The van der Waals surface area contributed by atoms with Crippen LogP contribution in [0.1, 0.15) is 65.9 Å². The third kappa shape index (κ3) is 27.7. The molecule has 9 nitrogen and oxygen atoms in total. The monoisotopic (exact) mass is 497 g/mol. The smallest absolute Gasteiger partial charge is 0.790 e. The zero-order valence-electron chi connectivity index (χ0n) is 19.4. The molecule has 0 saturated heterocycles. The van der Waals surface area contributed by atoms with Gasteiger partial charge >= 0.3 is 71.1 Å². The molecule has 0 radical (unpaired) electrons. The van der Waals surface area contributed by atoms with E-state index >= 15 is 0 Å². The number of ether oxygens (including phenoxy) is 2. The second kappa shape index (κ2) is 25.3. The molecule has 0 fully saturated rings. The van der Waals surface area contributed by atoms with Gasteiger partial charge in [-0.1, -0.05) is 44.9 Å². The summed E-state index contributed by atoms with van der Waals surface area (Å²) in [7, 11) is -5.27. The Morgan fingerprint density at radius 2 is 1.56 bits per heavy atom. The number of esters is 2. The van der Waals surface area contributed by atoms with E-state index in [1.807, 2.05) is 0 Å². The van der Waals surface area contributed by atoms with Gasteiger partial charge in [0.1, 0.15) is 6.61 Å². The molecule has 0 spiro atoms. The molecule has 0 rings (SSSR count). The van der Waals surface area contributed by atoms with Crippen molar-refractivity contribution >= 4 is 19.8 Å². The number of hydrogen-bond acceptors (Lipinski definition) is 9. The standard InChI is InChI=1S/C20H27O8P.H3N.2Na.5H2/c1-3-5-7-9-11-13-15-20(22)28-18(17-27-29(23,24)25)16-26-19(21)14-12-10-8-6-4-2;;;;;;;;/h18H,3,5,7,9,11,13,15-17H2,1-2H3,(H2,23,24,25);1H3;;;5*1H/q;;2*+1;;;;;/p-2/t18-;;;;;;;;/m0......../s1. The molecule has 0 aromatic carbocycles. The van der Waals surface area contributed by atoms with Crippen molar-refractivity contribution in [1.82, 2.24) is 6.15 Å². The van der Waals surface area contributed by atoms with Gasteiger partial charge in [0.15, 0.2) is 6.10 Å². The number of phosphoric ester groups is 1. The Labute approximate surface area is 242 Å². The Morgan fingerprint density at radius 3 is 2.16 bits per heavy atom. The average Bonchev–Trinajstić information content (AvgIpc) is 2.65. The minimum atomic E-state index is -5.27. The molecule has 0 aliphatic rings. The van der Waals surface area contributed by atoms with Gasteiger partial charge in [0.25, 0.3) is 0 Å². The first-order chi connectivity index (χ1) is 13.8. The molecule has 1 atom stereocenters. The largest absolute Gasteiger partial charge is 1.00 e. The summed E-state index contributed by atoms with van der Waals surface area (Å²) in [6.45, 7) is 2.43. The van der Waals surface area contributed by atoms with Crippen molar-refractivity contribution in [2.45, 2.75) is 64.9 Å². The van der Waals surface area contributed by atoms with Crippen LogP contribution in [0.3, 0.4) is 0 Å². The Hall–Kier alpha value is -0.310. The molecule has 0 unspecified atom stereocenters. The fraction of sp³-hybridized carbons (Fsp3) is 0.600. The molecular weight excluding hydrogens is 459 g/mol. The van der Waals surface area contributed by atoms with Crippen LogP contribution in [0.4, 0.5) is 0 Å². The summed E-state index contributed by atoms with van der Waals surface area (Å²) in [6.07, 6.45) is 4.71. The number of hydrogen-bond donors (Lipinski definition) is 1. The first kappa shape index (κ1) is 38.9. The van der Waals surface area contributed by atoms with E-state index < -0.39 is 39.1 Å². The van der Waals surface area contributed by atoms with Crippen LogP contribution in [0.5, 0.6) is 0 Å². The van der Waals surface area contributed by atoms with E-state index in [9.17, 15) is 23.9 Å². The fourth-order valence-corrected chi connectivity index (χ4v) is 2.35. The maximum absolute atomic E-state index is 11.9. The van der Waals surface area contributed by atoms with Crippen LogP contribution in [0.25, 0.3) is 0 Å².